The Hall–Kier alpha value is -2.14. The first-order valence-electron chi connectivity index (χ1n) is 8.91. The van der Waals surface area contributed by atoms with Gasteiger partial charge in [0.1, 0.15) is 16.9 Å². The Kier molecular flexibility index (Phi) is 6.37. The maximum Gasteiger partial charge on any atom is 0.256 e. The topological polar surface area (TPSA) is 60.5 Å². The van der Waals surface area contributed by atoms with E-state index in [-0.39, 0.29) is 12.0 Å². The molecule has 0 aliphatic carbocycles. The summed E-state index contributed by atoms with van der Waals surface area (Å²) < 4.78 is 11.6. The number of nitrogens with zero attached hydrogens (tertiary/aromatic N) is 1. The minimum Gasteiger partial charge on any atom is -0.489 e. The van der Waals surface area contributed by atoms with Gasteiger partial charge in [0, 0.05) is 18.2 Å². The van der Waals surface area contributed by atoms with E-state index in [1.165, 1.54) is 0 Å². The molecule has 5 heteroatoms. The maximum atomic E-state index is 12.8. The first-order chi connectivity index (χ1) is 11.9. The number of benzene rings is 1. The van der Waals surface area contributed by atoms with Crippen LogP contribution in [0.25, 0.3) is 10.9 Å². The summed E-state index contributed by atoms with van der Waals surface area (Å²) in [6, 6.07) is 7.49. The molecule has 0 aliphatic heterocycles. The van der Waals surface area contributed by atoms with Crippen LogP contribution in [0, 0.1) is 0 Å². The van der Waals surface area contributed by atoms with Crippen molar-refractivity contribution >= 4 is 22.5 Å². The number of ether oxygens (including phenoxy) is 2. The second-order valence-corrected chi connectivity index (χ2v) is 6.55. The zero-order chi connectivity index (χ0) is 18.4. The van der Waals surface area contributed by atoms with Crippen LogP contribution >= 0.6 is 0 Å². The molecule has 1 aromatic heterocycles. The lowest BCUT2D eigenvalue weighted by Gasteiger charge is -2.28. The van der Waals surface area contributed by atoms with Crippen LogP contribution in [0.5, 0.6) is 5.75 Å². The fourth-order valence-electron chi connectivity index (χ4n) is 2.91. The Bertz CT molecular complexity index is 722. The summed E-state index contributed by atoms with van der Waals surface area (Å²) >= 11 is 0. The minimum atomic E-state index is -0.842. The predicted molar refractivity (Wildman–Crippen MR) is 101 cm³/mol. The van der Waals surface area contributed by atoms with Gasteiger partial charge in [-0.2, -0.15) is 0 Å². The second-order valence-electron chi connectivity index (χ2n) is 6.55. The van der Waals surface area contributed by atoms with Crippen molar-refractivity contribution in [1.82, 2.24) is 4.98 Å². The number of carbonyl (C=O) groups is 1. The normalized spacial score (nSPS) is 13.7. The number of aromatic nitrogens is 1. The summed E-state index contributed by atoms with van der Waals surface area (Å²) in [5, 5.41) is 3.87. The highest BCUT2D eigenvalue weighted by Crippen LogP contribution is 2.31. The molecule has 1 aromatic carbocycles. The van der Waals surface area contributed by atoms with E-state index in [1.54, 1.807) is 6.20 Å². The van der Waals surface area contributed by atoms with Gasteiger partial charge in [-0.25, -0.2) is 0 Å². The van der Waals surface area contributed by atoms with E-state index in [0.29, 0.717) is 24.5 Å². The average molecular weight is 344 g/mol. The zero-order valence-corrected chi connectivity index (χ0v) is 15.8. The second kappa shape index (κ2) is 8.30. The smallest absolute Gasteiger partial charge is 0.256 e. The van der Waals surface area contributed by atoms with Gasteiger partial charge in [0.05, 0.1) is 11.8 Å². The lowest BCUT2D eigenvalue weighted by molar-refractivity contribution is -0.139. The van der Waals surface area contributed by atoms with Crippen LogP contribution < -0.4 is 10.1 Å². The lowest BCUT2D eigenvalue weighted by atomic mass is 9.98. The maximum absolute atomic E-state index is 12.8. The molecule has 0 spiro atoms. The molecule has 0 radical (unpaired) electrons. The summed E-state index contributed by atoms with van der Waals surface area (Å²) in [4.78, 5) is 17.3. The zero-order valence-electron chi connectivity index (χ0n) is 15.8. The lowest BCUT2D eigenvalue weighted by Crippen LogP contribution is -2.42. The minimum absolute atomic E-state index is 0.0523. The van der Waals surface area contributed by atoms with E-state index in [2.05, 4.69) is 10.3 Å². The van der Waals surface area contributed by atoms with Crippen molar-refractivity contribution in [1.29, 1.82) is 0 Å². The highest BCUT2D eigenvalue weighted by atomic mass is 16.5. The van der Waals surface area contributed by atoms with Crippen LogP contribution in [-0.2, 0) is 9.53 Å². The number of anilines is 1. The van der Waals surface area contributed by atoms with Gasteiger partial charge in [-0.15, -0.1) is 0 Å². The van der Waals surface area contributed by atoms with Crippen molar-refractivity contribution in [3.8, 4) is 5.75 Å². The third kappa shape index (κ3) is 4.48. The predicted octanol–water partition coefficient (Wildman–Crippen LogP) is 4.56. The van der Waals surface area contributed by atoms with Gasteiger partial charge in [0.2, 0.25) is 0 Å². The Morgan fingerprint density at radius 1 is 1.28 bits per heavy atom. The van der Waals surface area contributed by atoms with E-state index in [1.807, 2.05) is 58.9 Å². The van der Waals surface area contributed by atoms with E-state index in [0.717, 1.165) is 17.3 Å². The van der Waals surface area contributed by atoms with E-state index in [4.69, 9.17) is 9.47 Å². The van der Waals surface area contributed by atoms with E-state index >= 15 is 0 Å². The first kappa shape index (κ1) is 19.2. The summed E-state index contributed by atoms with van der Waals surface area (Å²) in [6.07, 6.45) is 3.31. The molecule has 1 heterocycles. The third-order valence-corrected chi connectivity index (χ3v) is 4.01. The number of nitrogens with one attached hydrogen (secondary N) is 1. The largest absolute Gasteiger partial charge is 0.489 e. The third-order valence-electron chi connectivity index (χ3n) is 4.01. The molecule has 25 heavy (non-hydrogen) atoms. The van der Waals surface area contributed by atoms with Crippen molar-refractivity contribution in [3.63, 3.8) is 0 Å². The summed E-state index contributed by atoms with van der Waals surface area (Å²) in [5.74, 6) is 0.573. The molecule has 0 fully saturated rings. The van der Waals surface area contributed by atoms with Crippen LogP contribution in [0.3, 0.4) is 0 Å². The van der Waals surface area contributed by atoms with Crippen molar-refractivity contribution in [2.24, 2.45) is 0 Å². The van der Waals surface area contributed by atoms with Gasteiger partial charge in [-0.3, -0.25) is 9.78 Å². The highest BCUT2D eigenvalue weighted by Gasteiger charge is 2.33. The van der Waals surface area contributed by atoms with Gasteiger partial charge < -0.3 is 14.8 Å². The van der Waals surface area contributed by atoms with Gasteiger partial charge in [0.15, 0.2) is 0 Å². The molecule has 0 bridgehead atoms. The Morgan fingerprint density at radius 3 is 2.68 bits per heavy atom. The van der Waals surface area contributed by atoms with E-state index in [9.17, 15) is 4.79 Å². The van der Waals surface area contributed by atoms with Crippen molar-refractivity contribution in [2.75, 3.05) is 11.9 Å². The molecule has 5 nitrogen and oxygen atoms in total. The summed E-state index contributed by atoms with van der Waals surface area (Å²) in [6.45, 7) is 10.2. The molecular weight excluding hydrogens is 316 g/mol. The average Bonchev–Trinajstić information content (AvgIpc) is 2.57. The number of amides is 1. The first-order valence-corrected chi connectivity index (χ1v) is 8.91. The fourth-order valence-corrected chi connectivity index (χ4v) is 2.91. The molecule has 0 saturated heterocycles. The van der Waals surface area contributed by atoms with Crippen molar-refractivity contribution in [2.45, 2.75) is 59.2 Å². The van der Waals surface area contributed by atoms with Crippen LogP contribution in [0.1, 0.15) is 47.5 Å². The molecule has 1 atom stereocenters. The highest BCUT2D eigenvalue weighted by molar-refractivity contribution is 6.05. The molecule has 136 valence electrons. The number of hydrogen-bond acceptors (Lipinski definition) is 4. The standard InChI is InChI=1S/C20H28N2O3/c1-6-12-20(5,24-7-2)19(23)22-16-10-11-17(25-14(3)4)18-15(16)9-8-13-21-18/h8-11,13-14H,6-7,12H2,1-5H3,(H,22,23). The van der Waals surface area contributed by atoms with Gasteiger partial charge in [-0.1, -0.05) is 13.3 Å². The van der Waals surface area contributed by atoms with Crippen molar-refractivity contribution in [3.05, 3.63) is 30.5 Å². The number of pyridine rings is 1. The molecule has 0 saturated carbocycles. The molecule has 1 unspecified atom stereocenters. The Labute approximate surface area is 149 Å². The van der Waals surface area contributed by atoms with Crippen LogP contribution in [0.4, 0.5) is 5.69 Å². The number of carbonyl (C=O) groups excluding carboxylic acids is 1. The fraction of sp³-hybridized carbons (Fsp3) is 0.500. The molecule has 1 N–H and O–H groups in total. The molecule has 0 aliphatic rings. The monoisotopic (exact) mass is 344 g/mol. The van der Waals surface area contributed by atoms with Gasteiger partial charge >= 0.3 is 0 Å². The quantitative estimate of drug-likeness (QED) is 0.763. The van der Waals surface area contributed by atoms with Crippen LogP contribution in [0.2, 0.25) is 0 Å². The van der Waals surface area contributed by atoms with E-state index < -0.39 is 5.60 Å². The Balaban J connectivity index is 2.37. The van der Waals surface area contributed by atoms with Crippen molar-refractivity contribution < 1.29 is 14.3 Å². The molecule has 2 aromatic rings. The number of hydrogen-bond donors (Lipinski definition) is 1. The Morgan fingerprint density at radius 2 is 2.04 bits per heavy atom. The molecule has 2 rings (SSSR count). The van der Waals surface area contributed by atoms with Crippen LogP contribution in [0.15, 0.2) is 30.5 Å². The number of rotatable bonds is 8. The van der Waals surface area contributed by atoms with Crippen LogP contribution in [-0.4, -0.2) is 29.2 Å². The molecular formula is C20H28N2O3. The summed E-state index contributed by atoms with van der Waals surface area (Å²) in [7, 11) is 0. The van der Waals surface area contributed by atoms with Gasteiger partial charge in [0.25, 0.3) is 5.91 Å². The summed E-state index contributed by atoms with van der Waals surface area (Å²) in [5.41, 5.74) is 0.611. The molecule has 1 amide bonds. The number of fused-ring (bicyclic) bond motifs is 1. The van der Waals surface area contributed by atoms with Gasteiger partial charge in [-0.05, 0) is 58.4 Å². The SMILES string of the molecule is CCCC(C)(OCC)C(=O)Nc1ccc(OC(C)C)c2ncccc12.